The molecule has 0 saturated heterocycles. The number of hydrogen-bond acceptors (Lipinski definition) is 5. The van der Waals surface area contributed by atoms with Crippen LogP contribution in [-0.4, -0.2) is 30.8 Å². The van der Waals surface area contributed by atoms with Crippen LogP contribution in [0.3, 0.4) is 0 Å². The van der Waals surface area contributed by atoms with E-state index in [1.165, 1.54) is 30.3 Å². The van der Waals surface area contributed by atoms with Crippen LogP contribution in [-0.2, 0) is 20.8 Å². The number of rotatable bonds is 6. The van der Waals surface area contributed by atoms with Crippen molar-refractivity contribution >= 4 is 27.1 Å². The summed E-state index contributed by atoms with van der Waals surface area (Å²) in [6.45, 7) is 0.917. The molecule has 0 spiro atoms. The molecule has 3 aromatic rings. The molecule has 3 rings (SSSR count). The highest BCUT2D eigenvalue weighted by Gasteiger charge is 2.42. The Hall–Kier alpha value is -3.75. The first-order valence-electron chi connectivity index (χ1n) is 9.98. The van der Waals surface area contributed by atoms with Crippen molar-refractivity contribution in [1.82, 2.24) is 0 Å². The zero-order chi connectivity index (χ0) is 26.0. The van der Waals surface area contributed by atoms with Crippen molar-refractivity contribution < 1.29 is 35.9 Å². The number of para-hydroxylation sites is 1. The van der Waals surface area contributed by atoms with Gasteiger partial charge in [0.2, 0.25) is 0 Å². The molecule has 0 fully saturated rings. The molecule has 0 aromatic heterocycles. The van der Waals surface area contributed by atoms with E-state index in [9.17, 15) is 35.9 Å². The number of sulfone groups is 1. The van der Waals surface area contributed by atoms with Crippen molar-refractivity contribution in [1.29, 1.82) is 5.26 Å². The molecule has 1 N–H and O–H groups in total. The topological polar surface area (TPSA) is 98.5 Å². The van der Waals surface area contributed by atoms with Gasteiger partial charge in [0.1, 0.15) is 5.82 Å². The first kappa shape index (κ1) is 25.9. The second-order valence-electron chi connectivity index (χ2n) is 7.80. The van der Waals surface area contributed by atoms with Crippen LogP contribution in [0.4, 0.5) is 28.9 Å². The van der Waals surface area contributed by atoms with E-state index in [-0.39, 0.29) is 16.3 Å². The van der Waals surface area contributed by atoms with Crippen LogP contribution < -0.4 is 4.90 Å². The van der Waals surface area contributed by atoms with Crippen molar-refractivity contribution in [3.8, 4) is 6.07 Å². The second kappa shape index (κ2) is 9.48. The number of hydrogen-bond donors (Lipinski definition) is 1. The van der Waals surface area contributed by atoms with Gasteiger partial charge in [-0.2, -0.15) is 18.4 Å². The molecule has 3 aromatic carbocycles. The van der Waals surface area contributed by atoms with E-state index in [1.54, 1.807) is 6.07 Å². The Morgan fingerprint density at radius 2 is 1.60 bits per heavy atom. The minimum absolute atomic E-state index is 0.0507. The predicted octanol–water partition coefficient (Wildman–Crippen LogP) is 4.61. The van der Waals surface area contributed by atoms with E-state index >= 15 is 0 Å². The highest BCUT2D eigenvalue weighted by molar-refractivity contribution is 7.91. The van der Waals surface area contributed by atoms with Crippen LogP contribution in [0.5, 0.6) is 0 Å². The Labute approximate surface area is 198 Å². The molecule has 1 amide bonds. The van der Waals surface area contributed by atoms with Gasteiger partial charge in [-0.25, -0.2) is 12.8 Å². The summed E-state index contributed by atoms with van der Waals surface area (Å²) in [4.78, 5) is 13.8. The normalized spacial score (nSPS) is 13.5. The second-order valence-corrected chi connectivity index (χ2v) is 9.79. The maximum absolute atomic E-state index is 13.5. The molecule has 0 aliphatic carbocycles. The Morgan fingerprint density at radius 1 is 1.00 bits per heavy atom. The van der Waals surface area contributed by atoms with Crippen molar-refractivity contribution in [2.45, 2.75) is 23.6 Å². The number of carbonyl (C=O) groups is 1. The highest BCUT2D eigenvalue weighted by atomic mass is 32.2. The largest absolute Gasteiger partial charge is 0.417 e. The predicted molar refractivity (Wildman–Crippen MR) is 119 cm³/mol. The number of anilines is 2. The van der Waals surface area contributed by atoms with Crippen LogP contribution in [0.25, 0.3) is 0 Å². The SMILES string of the molecule is CC(O)(CS(=O)(=O)c1ccc(F)cc1)C(=O)N(c1ccccc1)c1ccc(C#N)c(C(F)(F)F)c1. The van der Waals surface area contributed by atoms with E-state index in [1.807, 2.05) is 0 Å². The summed E-state index contributed by atoms with van der Waals surface area (Å²) in [6.07, 6.45) is -4.92. The number of amides is 1. The Bertz CT molecular complexity index is 1380. The number of aliphatic hydroxyl groups is 1. The average molecular weight is 506 g/mol. The zero-order valence-electron chi connectivity index (χ0n) is 18.1. The third-order valence-corrected chi connectivity index (χ3v) is 6.94. The van der Waals surface area contributed by atoms with Gasteiger partial charge in [-0.3, -0.25) is 9.69 Å². The van der Waals surface area contributed by atoms with Gasteiger partial charge in [0, 0.05) is 11.4 Å². The van der Waals surface area contributed by atoms with Gasteiger partial charge in [0.05, 0.1) is 27.8 Å². The number of carbonyl (C=O) groups excluding carboxylic acids is 1. The van der Waals surface area contributed by atoms with Crippen LogP contribution in [0.15, 0.2) is 77.7 Å². The summed E-state index contributed by atoms with van der Waals surface area (Å²) in [5.41, 5.74) is -4.87. The molecule has 1 atom stereocenters. The number of alkyl halides is 3. The fraction of sp³-hybridized carbons (Fsp3) is 0.167. The van der Waals surface area contributed by atoms with E-state index in [0.29, 0.717) is 6.07 Å². The molecular formula is C24H18F4N2O4S. The maximum Gasteiger partial charge on any atom is 0.417 e. The summed E-state index contributed by atoms with van der Waals surface area (Å²) in [6, 6.07) is 15.1. The van der Waals surface area contributed by atoms with Gasteiger partial charge in [-0.15, -0.1) is 0 Å². The van der Waals surface area contributed by atoms with Gasteiger partial charge >= 0.3 is 6.18 Å². The summed E-state index contributed by atoms with van der Waals surface area (Å²) in [5.74, 6) is -3.05. The molecule has 0 aliphatic heterocycles. The molecule has 0 saturated carbocycles. The molecule has 1 unspecified atom stereocenters. The minimum atomic E-state index is -4.92. The van der Waals surface area contributed by atoms with E-state index in [2.05, 4.69) is 0 Å². The van der Waals surface area contributed by atoms with Crippen LogP contribution in [0.2, 0.25) is 0 Å². The number of benzene rings is 3. The molecular weight excluding hydrogens is 488 g/mol. The molecule has 11 heteroatoms. The lowest BCUT2D eigenvalue weighted by Crippen LogP contribution is -2.49. The van der Waals surface area contributed by atoms with Gasteiger partial charge in [-0.1, -0.05) is 18.2 Å². The molecule has 35 heavy (non-hydrogen) atoms. The fourth-order valence-electron chi connectivity index (χ4n) is 3.36. The van der Waals surface area contributed by atoms with Crippen LogP contribution in [0.1, 0.15) is 18.1 Å². The van der Waals surface area contributed by atoms with Crippen LogP contribution >= 0.6 is 0 Å². The van der Waals surface area contributed by atoms with E-state index in [4.69, 9.17) is 5.26 Å². The highest BCUT2D eigenvalue weighted by Crippen LogP contribution is 2.37. The lowest BCUT2D eigenvalue weighted by Gasteiger charge is -2.31. The van der Waals surface area contributed by atoms with E-state index < -0.39 is 50.2 Å². The molecule has 0 radical (unpaired) electrons. The Balaban J connectivity index is 2.09. The van der Waals surface area contributed by atoms with Crippen molar-refractivity contribution in [2.24, 2.45) is 0 Å². The first-order chi connectivity index (χ1) is 16.3. The zero-order valence-corrected chi connectivity index (χ0v) is 18.9. The molecule has 0 heterocycles. The summed E-state index contributed by atoms with van der Waals surface area (Å²) in [5, 5.41) is 20.0. The van der Waals surface area contributed by atoms with Crippen LogP contribution in [0, 0.1) is 17.1 Å². The third-order valence-electron chi connectivity index (χ3n) is 5.01. The Morgan fingerprint density at radius 3 is 2.14 bits per heavy atom. The van der Waals surface area contributed by atoms with Crippen molar-refractivity contribution in [2.75, 3.05) is 10.7 Å². The number of nitrogens with zero attached hydrogens (tertiary/aromatic N) is 2. The quantitative estimate of drug-likeness (QED) is 0.389. The number of nitriles is 1. The average Bonchev–Trinajstić information content (AvgIpc) is 2.79. The Kier molecular flexibility index (Phi) is 7.01. The first-order valence-corrected chi connectivity index (χ1v) is 11.6. The van der Waals surface area contributed by atoms with Gasteiger partial charge in [0.15, 0.2) is 15.4 Å². The third kappa shape index (κ3) is 5.67. The van der Waals surface area contributed by atoms with Gasteiger partial charge in [0.25, 0.3) is 5.91 Å². The van der Waals surface area contributed by atoms with Crippen molar-refractivity contribution in [3.05, 3.63) is 89.7 Å². The maximum atomic E-state index is 13.5. The summed E-state index contributed by atoms with van der Waals surface area (Å²) >= 11 is 0. The van der Waals surface area contributed by atoms with Crippen molar-refractivity contribution in [3.63, 3.8) is 0 Å². The molecule has 182 valence electrons. The molecule has 0 aliphatic rings. The standard InChI is InChI=1S/C24H18F4N2O4S/c1-23(32,15-35(33,34)20-11-8-17(25)9-12-20)22(31)30(18-5-3-2-4-6-18)19-10-7-16(14-29)21(13-19)24(26,27)28/h2-13,32H,15H2,1H3. The fourth-order valence-corrected chi connectivity index (χ4v) is 4.94. The number of halogens is 4. The summed E-state index contributed by atoms with van der Waals surface area (Å²) in [7, 11) is -4.31. The molecule has 0 bridgehead atoms. The van der Waals surface area contributed by atoms with E-state index in [0.717, 1.165) is 48.2 Å². The minimum Gasteiger partial charge on any atom is -0.379 e. The lowest BCUT2D eigenvalue weighted by molar-refractivity contribution is -0.138. The van der Waals surface area contributed by atoms with Gasteiger partial charge < -0.3 is 5.11 Å². The van der Waals surface area contributed by atoms with Gasteiger partial charge in [-0.05, 0) is 61.5 Å². The lowest BCUT2D eigenvalue weighted by atomic mass is 10.0. The smallest absolute Gasteiger partial charge is 0.379 e. The summed E-state index contributed by atoms with van der Waals surface area (Å²) < 4.78 is 79.4. The monoisotopic (exact) mass is 506 g/mol. The molecule has 6 nitrogen and oxygen atoms in total.